The third-order valence-corrected chi connectivity index (χ3v) is 4.73. The Morgan fingerprint density at radius 2 is 1.86 bits per heavy atom. The van der Waals surface area contributed by atoms with E-state index < -0.39 is 0 Å². The fourth-order valence-electron chi connectivity index (χ4n) is 2.24. The molecule has 0 saturated heterocycles. The Morgan fingerprint density at radius 3 is 2.59 bits per heavy atom. The predicted molar refractivity (Wildman–Crippen MR) is 92.2 cm³/mol. The van der Waals surface area contributed by atoms with Crippen LogP contribution in [0.4, 0.5) is 0 Å². The highest BCUT2D eigenvalue weighted by atomic mass is 35.5. The highest BCUT2D eigenvalue weighted by Crippen LogP contribution is 2.26. The van der Waals surface area contributed by atoms with Gasteiger partial charge in [-0.1, -0.05) is 53.2 Å². The molecule has 1 heterocycles. The molecule has 3 aromatic rings. The fourth-order valence-corrected chi connectivity index (χ4v) is 3.22. The van der Waals surface area contributed by atoms with Gasteiger partial charge in [-0.25, -0.2) is 0 Å². The lowest BCUT2D eigenvalue weighted by Gasteiger charge is -2.05. The lowest BCUT2D eigenvalue weighted by atomic mass is 10.2. The average molecular weight is 330 g/mol. The lowest BCUT2D eigenvalue weighted by molar-refractivity contribution is 0.794. The van der Waals surface area contributed by atoms with E-state index in [2.05, 4.69) is 41.4 Å². The number of aromatic nitrogens is 3. The molecular weight excluding hydrogens is 314 g/mol. The maximum Gasteiger partial charge on any atom is 0.191 e. The highest BCUT2D eigenvalue weighted by molar-refractivity contribution is 7.98. The van der Waals surface area contributed by atoms with Crippen LogP contribution in [0.5, 0.6) is 0 Å². The van der Waals surface area contributed by atoms with Crippen LogP contribution in [0.2, 0.25) is 5.02 Å². The summed E-state index contributed by atoms with van der Waals surface area (Å²) in [4.78, 5) is 0. The molecule has 112 valence electrons. The summed E-state index contributed by atoms with van der Waals surface area (Å²) in [6, 6.07) is 16.2. The average Bonchev–Trinajstić information content (AvgIpc) is 2.87. The fraction of sp³-hybridized carbons (Fsp3) is 0.176. The molecule has 0 atom stereocenters. The molecule has 3 nitrogen and oxygen atoms in total. The van der Waals surface area contributed by atoms with Crippen LogP contribution in [-0.2, 0) is 12.8 Å². The quantitative estimate of drug-likeness (QED) is 0.648. The van der Waals surface area contributed by atoms with Gasteiger partial charge in [-0.2, -0.15) is 0 Å². The molecule has 2 aromatic carbocycles. The van der Waals surface area contributed by atoms with Crippen LogP contribution < -0.4 is 0 Å². The number of nitrogens with zero attached hydrogens (tertiary/aromatic N) is 3. The molecule has 0 aliphatic heterocycles. The minimum absolute atomic E-state index is 0.722. The van der Waals surface area contributed by atoms with E-state index in [1.807, 2.05) is 35.9 Å². The van der Waals surface area contributed by atoms with Crippen LogP contribution >= 0.6 is 23.4 Å². The first-order chi connectivity index (χ1) is 10.6. The molecule has 0 aliphatic carbocycles. The van der Waals surface area contributed by atoms with Gasteiger partial charge in [0, 0.05) is 23.4 Å². The lowest BCUT2D eigenvalue weighted by Crippen LogP contribution is -1.95. The van der Waals surface area contributed by atoms with E-state index >= 15 is 0 Å². The maximum atomic E-state index is 5.93. The van der Waals surface area contributed by atoms with Crippen molar-refractivity contribution in [2.75, 3.05) is 0 Å². The van der Waals surface area contributed by atoms with Gasteiger partial charge < -0.3 is 4.57 Å². The van der Waals surface area contributed by atoms with Crippen molar-refractivity contribution in [2.24, 2.45) is 7.05 Å². The topological polar surface area (TPSA) is 30.7 Å². The van der Waals surface area contributed by atoms with Crippen molar-refractivity contribution >= 4 is 23.4 Å². The van der Waals surface area contributed by atoms with Gasteiger partial charge in [-0.05, 0) is 36.8 Å². The second-order valence-corrected chi connectivity index (χ2v) is 6.53. The summed E-state index contributed by atoms with van der Waals surface area (Å²) in [7, 11) is 1.99. The molecule has 22 heavy (non-hydrogen) atoms. The molecule has 1 aromatic heterocycles. The standard InChI is InChI=1S/C17H16ClN3S/c1-12-4-3-5-13(10-12)11-22-17-20-19-16(21(17)2)14-6-8-15(18)9-7-14/h3-10H,11H2,1-2H3. The predicted octanol–water partition coefficient (Wildman–Crippen LogP) is 4.74. The van der Waals surface area contributed by atoms with E-state index in [9.17, 15) is 0 Å². The van der Waals surface area contributed by atoms with Gasteiger partial charge >= 0.3 is 0 Å². The van der Waals surface area contributed by atoms with Crippen LogP contribution in [0.1, 0.15) is 11.1 Å². The van der Waals surface area contributed by atoms with E-state index in [0.29, 0.717) is 0 Å². The molecule has 0 unspecified atom stereocenters. The SMILES string of the molecule is Cc1cccc(CSc2nnc(-c3ccc(Cl)cc3)n2C)c1. The van der Waals surface area contributed by atoms with Crippen molar-refractivity contribution in [1.82, 2.24) is 14.8 Å². The molecule has 3 rings (SSSR count). The van der Waals surface area contributed by atoms with E-state index in [4.69, 9.17) is 11.6 Å². The van der Waals surface area contributed by atoms with Crippen molar-refractivity contribution < 1.29 is 0 Å². The Hall–Kier alpha value is -1.78. The minimum atomic E-state index is 0.722. The third kappa shape index (κ3) is 3.34. The third-order valence-electron chi connectivity index (χ3n) is 3.39. The van der Waals surface area contributed by atoms with Gasteiger partial charge in [-0.3, -0.25) is 0 Å². The zero-order chi connectivity index (χ0) is 15.5. The summed E-state index contributed by atoms with van der Waals surface area (Å²) < 4.78 is 2.02. The molecule has 0 bridgehead atoms. The molecular formula is C17H16ClN3S. The first-order valence-corrected chi connectivity index (χ1v) is 8.33. The molecule has 0 aliphatic rings. The van der Waals surface area contributed by atoms with Crippen molar-refractivity contribution in [3.05, 3.63) is 64.7 Å². The summed E-state index contributed by atoms with van der Waals surface area (Å²) in [5.41, 5.74) is 3.58. The van der Waals surface area contributed by atoms with Gasteiger partial charge in [0.15, 0.2) is 11.0 Å². The number of hydrogen-bond acceptors (Lipinski definition) is 3. The van der Waals surface area contributed by atoms with Crippen molar-refractivity contribution in [3.63, 3.8) is 0 Å². The number of aryl methyl sites for hydroxylation is 1. The molecule has 0 N–H and O–H groups in total. The van der Waals surface area contributed by atoms with Gasteiger partial charge in [-0.15, -0.1) is 10.2 Å². The van der Waals surface area contributed by atoms with Crippen molar-refractivity contribution in [2.45, 2.75) is 17.8 Å². The summed E-state index contributed by atoms with van der Waals surface area (Å²) in [5.74, 6) is 1.73. The molecule has 0 fully saturated rings. The molecule has 0 amide bonds. The van der Waals surface area contributed by atoms with Crippen LogP contribution in [0.3, 0.4) is 0 Å². The molecule has 0 spiro atoms. The van der Waals surface area contributed by atoms with Gasteiger partial charge in [0.05, 0.1) is 0 Å². The Kier molecular flexibility index (Phi) is 4.50. The summed E-state index contributed by atoms with van der Waals surface area (Å²) >= 11 is 7.62. The zero-order valence-electron chi connectivity index (χ0n) is 12.5. The van der Waals surface area contributed by atoms with Gasteiger partial charge in [0.2, 0.25) is 0 Å². The Bertz CT molecular complexity index is 781. The Balaban J connectivity index is 1.77. The van der Waals surface area contributed by atoms with Crippen LogP contribution in [-0.4, -0.2) is 14.8 Å². The van der Waals surface area contributed by atoms with Crippen LogP contribution in [0, 0.1) is 6.92 Å². The van der Waals surface area contributed by atoms with Gasteiger partial charge in [0.1, 0.15) is 0 Å². The van der Waals surface area contributed by atoms with Crippen LogP contribution in [0.25, 0.3) is 11.4 Å². The Morgan fingerprint density at radius 1 is 1.09 bits per heavy atom. The summed E-state index contributed by atoms with van der Waals surface area (Å²) in [6.45, 7) is 2.11. The second-order valence-electron chi connectivity index (χ2n) is 5.15. The number of benzene rings is 2. The van der Waals surface area contributed by atoms with Crippen molar-refractivity contribution in [1.29, 1.82) is 0 Å². The number of rotatable bonds is 4. The Labute approximate surface area is 139 Å². The largest absolute Gasteiger partial charge is 0.305 e. The van der Waals surface area contributed by atoms with Gasteiger partial charge in [0.25, 0.3) is 0 Å². The monoisotopic (exact) mass is 329 g/mol. The summed E-state index contributed by atoms with van der Waals surface area (Å²) in [5, 5.41) is 10.2. The number of halogens is 1. The van der Waals surface area contributed by atoms with Crippen molar-refractivity contribution in [3.8, 4) is 11.4 Å². The molecule has 0 radical (unpaired) electrons. The summed E-state index contributed by atoms with van der Waals surface area (Å²) in [6.07, 6.45) is 0. The number of hydrogen-bond donors (Lipinski definition) is 0. The second kappa shape index (κ2) is 6.55. The first kappa shape index (κ1) is 15.1. The number of thioether (sulfide) groups is 1. The highest BCUT2D eigenvalue weighted by Gasteiger charge is 2.11. The molecule has 5 heteroatoms. The minimum Gasteiger partial charge on any atom is -0.305 e. The van der Waals surface area contributed by atoms with E-state index in [0.717, 1.165) is 27.3 Å². The van der Waals surface area contributed by atoms with E-state index in [1.165, 1.54) is 11.1 Å². The normalized spacial score (nSPS) is 10.9. The van der Waals surface area contributed by atoms with E-state index in [1.54, 1.807) is 11.8 Å². The van der Waals surface area contributed by atoms with E-state index in [-0.39, 0.29) is 0 Å². The smallest absolute Gasteiger partial charge is 0.191 e. The molecule has 0 saturated carbocycles. The first-order valence-electron chi connectivity index (χ1n) is 6.97. The maximum absolute atomic E-state index is 5.93. The zero-order valence-corrected chi connectivity index (χ0v) is 14.0. The van der Waals surface area contributed by atoms with Crippen LogP contribution in [0.15, 0.2) is 53.7 Å².